The normalized spacial score (nSPS) is 15.3. The van der Waals surface area contributed by atoms with Crippen LogP contribution in [0.3, 0.4) is 0 Å². The maximum atomic E-state index is 12.7. The maximum Gasteiger partial charge on any atom is 0.273 e. The summed E-state index contributed by atoms with van der Waals surface area (Å²) in [4.78, 5) is 10.4. The smallest absolute Gasteiger partial charge is 0.258 e. The van der Waals surface area contributed by atoms with Crippen LogP contribution in [0.4, 0.5) is 5.69 Å². The summed E-state index contributed by atoms with van der Waals surface area (Å²) in [6.45, 7) is 3.36. The number of benzene rings is 2. The van der Waals surface area contributed by atoms with E-state index >= 15 is 0 Å². The van der Waals surface area contributed by atoms with Crippen molar-refractivity contribution in [3.63, 3.8) is 0 Å². The molecular formula is C19H22N2O4S. The Morgan fingerprint density at radius 1 is 1.08 bits per heavy atom. The van der Waals surface area contributed by atoms with E-state index in [1.807, 2.05) is 6.07 Å². The van der Waals surface area contributed by atoms with E-state index in [1.54, 1.807) is 13.8 Å². The van der Waals surface area contributed by atoms with Gasteiger partial charge in [-0.25, -0.2) is 13.1 Å². The van der Waals surface area contributed by atoms with E-state index in [4.69, 9.17) is 0 Å². The van der Waals surface area contributed by atoms with Crippen molar-refractivity contribution in [2.24, 2.45) is 0 Å². The van der Waals surface area contributed by atoms with Crippen LogP contribution in [0.15, 0.2) is 41.3 Å². The number of rotatable bonds is 5. The number of nitrogens with one attached hydrogen (secondary N) is 1. The standard InChI is InChI=1S/C19H22N2O4S/c1-13-7-10-18(12-19(13)21(22)23)26(24,25)20-14(2)16-9-8-15-5-3-4-6-17(15)11-16/h7-12,14,20H,3-6H2,1-2H3/t14-/m0/s1. The van der Waals surface area contributed by atoms with Crippen molar-refractivity contribution in [3.8, 4) is 0 Å². The minimum atomic E-state index is -3.86. The third kappa shape index (κ3) is 3.78. The molecule has 3 rings (SSSR count). The molecule has 0 aromatic heterocycles. The molecule has 0 heterocycles. The van der Waals surface area contributed by atoms with Crippen LogP contribution in [0.5, 0.6) is 0 Å². The van der Waals surface area contributed by atoms with E-state index in [2.05, 4.69) is 16.9 Å². The number of sulfonamides is 1. The zero-order chi connectivity index (χ0) is 18.9. The van der Waals surface area contributed by atoms with Crippen molar-refractivity contribution in [3.05, 3.63) is 68.8 Å². The highest BCUT2D eigenvalue weighted by atomic mass is 32.2. The van der Waals surface area contributed by atoms with E-state index in [9.17, 15) is 18.5 Å². The van der Waals surface area contributed by atoms with Crippen molar-refractivity contribution in [1.82, 2.24) is 4.72 Å². The van der Waals surface area contributed by atoms with Gasteiger partial charge in [0.2, 0.25) is 10.0 Å². The van der Waals surface area contributed by atoms with Crippen LogP contribution in [-0.4, -0.2) is 13.3 Å². The first kappa shape index (κ1) is 18.5. The highest BCUT2D eigenvalue weighted by molar-refractivity contribution is 7.89. The van der Waals surface area contributed by atoms with Gasteiger partial charge in [-0.05, 0) is 62.3 Å². The fraction of sp³-hybridized carbons (Fsp3) is 0.368. The third-order valence-electron chi connectivity index (χ3n) is 4.89. The molecule has 138 valence electrons. The lowest BCUT2D eigenvalue weighted by Crippen LogP contribution is -2.27. The lowest BCUT2D eigenvalue weighted by molar-refractivity contribution is -0.385. The molecule has 2 aromatic carbocycles. The Morgan fingerprint density at radius 2 is 1.77 bits per heavy atom. The summed E-state index contributed by atoms with van der Waals surface area (Å²) in [5.41, 5.74) is 3.75. The van der Waals surface area contributed by atoms with Crippen molar-refractivity contribution >= 4 is 15.7 Å². The molecule has 0 spiro atoms. The van der Waals surface area contributed by atoms with E-state index in [0.29, 0.717) is 5.56 Å². The van der Waals surface area contributed by atoms with Gasteiger partial charge in [0, 0.05) is 17.7 Å². The van der Waals surface area contributed by atoms with Crippen molar-refractivity contribution in [1.29, 1.82) is 0 Å². The summed E-state index contributed by atoms with van der Waals surface area (Å²) < 4.78 is 27.9. The molecule has 1 atom stereocenters. The molecule has 2 aromatic rings. The number of nitro benzene ring substituents is 1. The Hall–Kier alpha value is -2.25. The second-order valence-electron chi connectivity index (χ2n) is 6.78. The summed E-state index contributed by atoms with van der Waals surface area (Å²) >= 11 is 0. The zero-order valence-corrected chi connectivity index (χ0v) is 15.7. The van der Waals surface area contributed by atoms with Crippen molar-refractivity contribution in [2.45, 2.75) is 50.5 Å². The van der Waals surface area contributed by atoms with Gasteiger partial charge in [-0.1, -0.05) is 24.3 Å². The molecule has 0 unspecified atom stereocenters. The molecule has 26 heavy (non-hydrogen) atoms. The molecule has 0 radical (unpaired) electrons. The van der Waals surface area contributed by atoms with Crippen molar-refractivity contribution in [2.75, 3.05) is 0 Å². The summed E-state index contributed by atoms with van der Waals surface area (Å²) in [5, 5.41) is 11.1. The molecule has 0 saturated carbocycles. The third-order valence-corrected chi connectivity index (χ3v) is 6.43. The lowest BCUT2D eigenvalue weighted by Gasteiger charge is -2.20. The molecule has 6 nitrogen and oxygen atoms in total. The predicted molar refractivity (Wildman–Crippen MR) is 99.7 cm³/mol. The van der Waals surface area contributed by atoms with Crippen LogP contribution < -0.4 is 4.72 Å². The van der Waals surface area contributed by atoms with E-state index in [0.717, 1.165) is 30.9 Å². The molecule has 0 saturated heterocycles. The maximum absolute atomic E-state index is 12.7. The van der Waals surface area contributed by atoms with Gasteiger partial charge in [-0.2, -0.15) is 0 Å². The second kappa shape index (κ2) is 7.17. The number of hydrogen-bond acceptors (Lipinski definition) is 4. The van der Waals surface area contributed by atoms with Gasteiger partial charge < -0.3 is 0 Å². The number of aryl methyl sites for hydroxylation is 3. The minimum absolute atomic E-state index is 0.0976. The van der Waals surface area contributed by atoms with Crippen molar-refractivity contribution < 1.29 is 13.3 Å². The number of nitro groups is 1. The summed E-state index contributed by atoms with van der Waals surface area (Å²) in [6, 6.07) is 9.63. The molecule has 7 heteroatoms. The van der Waals surface area contributed by atoms with Crippen LogP contribution in [0.25, 0.3) is 0 Å². The van der Waals surface area contributed by atoms with Crippen LogP contribution in [0.2, 0.25) is 0 Å². The molecule has 1 aliphatic carbocycles. The highest BCUT2D eigenvalue weighted by Gasteiger charge is 2.22. The quantitative estimate of drug-likeness (QED) is 0.636. The highest BCUT2D eigenvalue weighted by Crippen LogP contribution is 2.27. The zero-order valence-electron chi connectivity index (χ0n) is 14.9. The van der Waals surface area contributed by atoms with Crippen LogP contribution in [0.1, 0.15) is 48.1 Å². The average Bonchev–Trinajstić information content (AvgIpc) is 2.60. The topological polar surface area (TPSA) is 89.3 Å². The fourth-order valence-electron chi connectivity index (χ4n) is 3.34. The molecule has 1 aliphatic rings. The number of nitrogens with zero attached hydrogens (tertiary/aromatic N) is 1. The number of hydrogen-bond donors (Lipinski definition) is 1. The van der Waals surface area contributed by atoms with Gasteiger partial charge in [-0.3, -0.25) is 10.1 Å². The van der Waals surface area contributed by atoms with E-state index in [-0.39, 0.29) is 10.6 Å². The minimum Gasteiger partial charge on any atom is -0.258 e. The first-order valence-electron chi connectivity index (χ1n) is 8.67. The molecule has 0 bridgehead atoms. The molecule has 0 amide bonds. The molecular weight excluding hydrogens is 352 g/mol. The Kier molecular flexibility index (Phi) is 5.11. The number of fused-ring (bicyclic) bond motifs is 1. The fourth-order valence-corrected chi connectivity index (χ4v) is 4.60. The Morgan fingerprint density at radius 3 is 2.46 bits per heavy atom. The summed E-state index contributed by atoms with van der Waals surface area (Å²) in [5.74, 6) is 0. The Labute approximate surface area is 153 Å². The Bertz CT molecular complexity index is 954. The first-order valence-corrected chi connectivity index (χ1v) is 10.2. The van der Waals surface area contributed by atoms with Gasteiger partial charge in [0.1, 0.15) is 0 Å². The van der Waals surface area contributed by atoms with Gasteiger partial charge in [0.25, 0.3) is 5.69 Å². The molecule has 0 fully saturated rings. The van der Waals surface area contributed by atoms with Crippen LogP contribution in [0, 0.1) is 17.0 Å². The molecule has 1 N–H and O–H groups in total. The van der Waals surface area contributed by atoms with E-state index < -0.39 is 21.0 Å². The second-order valence-corrected chi connectivity index (χ2v) is 8.50. The Balaban J connectivity index is 1.85. The van der Waals surface area contributed by atoms with Gasteiger partial charge in [0.15, 0.2) is 0 Å². The van der Waals surface area contributed by atoms with Gasteiger partial charge in [-0.15, -0.1) is 0 Å². The monoisotopic (exact) mass is 374 g/mol. The van der Waals surface area contributed by atoms with Gasteiger partial charge >= 0.3 is 0 Å². The average molecular weight is 374 g/mol. The summed E-state index contributed by atoms with van der Waals surface area (Å²) in [7, 11) is -3.86. The van der Waals surface area contributed by atoms with Crippen LogP contribution in [-0.2, 0) is 22.9 Å². The van der Waals surface area contributed by atoms with Crippen LogP contribution >= 0.6 is 0 Å². The summed E-state index contributed by atoms with van der Waals surface area (Å²) in [6.07, 6.45) is 4.44. The predicted octanol–water partition coefficient (Wildman–Crippen LogP) is 3.82. The largest absolute Gasteiger partial charge is 0.273 e. The first-order chi connectivity index (χ1) is 12.3. The van der Waals surface area contributed by atoms with E-state index in [1.165, 1.54) is 29.7 Å². The lowest BCUT2D eigenvalue weighted by atomic mass is 9.89. The SMILES string of the molecule is Cc1ccc(S(=O)(=O)N[C@@H](C)c2ccc3c(c2)CCCC3)cc1[N+](=O)[O-]. The molecule has 0 aliphatic heterocycles. The van der Waals surface area contributed by atoms with Gasteiger partial charge in [0.05, 0.1) is 9.82 Å².